The molecule has 1 aliphatic carbocycles. The van der Waals surface area contributed by atoms with E-state index in [2.05, 4.69) is 54.3 Å². The summed E-state index contributed by atoms with van der Waals surface area (Å²) in [4.78, 5) is 37.5. The lowest BCUT2D eigenvalue weighted by Gasteiger charge is -2.38. The lowest BCUT2D eigenvalue weighted by Crippen LogP contribution is -2.55. The van der Waals surface area contributed by atoms with Gasteiger partial charge in [-0.15, -0.1) is 0 Å². The highest BCUT2D eigenvalue weighted by molar-refractivity contribution is 6.01. The van der Waals surface area contributed by atoms with Crippen LogP contribution in [0.25, 0.3) is 10.9 Å². The van der Waals surface area contributed by atoms with Gasteiger partial charge in [0.15, 0.2) is 0 Å². The molecule has 1 fully saturated rings. The Morgan fingerprint density at radius 3 is 2.52 bits per heavy atom. The smallest absolute Gasteiger partial charge is 0.249 e. The summed E-state index contributed by atoms with van der Waals surface area (Å²) in [6.07, 6.45) is 3.77. The molecule has 8 nitrogen and oxygen atoms in total. The molecule has 2 aromatic carbocycles. The van der Waals surface area contributed by atoms with E-state index in [-0.39, 0.29) is 35.6 Å². The van der Waals surface area contributed by atoms with Crippen LogP contribution in [0.4, 0.5) is 5.69 Å². The van der Waals surface area contributed by atoms with Gasteiger partial charge in [0.1, 0.15) is 17.0 Å². The number of aromatic amines is 1. The number of methoxy groups -OCH3 is 2. The van der Waals surface area contributed by atoms with Crippen LogP contribution in [0.15, 0.2) is 67.0 Å². The largest absolute Gasteiger partial charge is 0.497 e. The molecule has 42 heavy (non-hydrogen) atoms. The second-order valence-corrected chi connectivity index (χ2v) is 12.2. The van der Waals surface area contributed by atoms with Crippen LogP contribution in [0.3, 0.4) is 0 Å². The molecule has 0 saturated heterocycles. The standard InChI is InChI=1S/C34H40N4O4/c1-21-30(24-12-8-9-13-26(24)36-21)31-25(33(31,2)3)18-29(39)38(20-22-11-10-16-35-19-22)34(4,5)32(40)37-27-15-14-23(41-6)17-28(27)42-7/h8-17,19,25,31,36H,18,20H2,1-7H3,(H,37,40)/t25-,31-/m0/s1. The molecule has 2 atom stereocenters. The van der Waals surface area contributed by atoms with Crippen LogP contribution in [0.1, 0.15) is 56.9 Å². The molecule has 2 aromatic heterocycles. The Bertz CT molecular complexity index is 1610. The van der Waals surface area contributed by atoms with E-state index in [0.717, 1.165) is 16.8 Å². The van der Waals surface area contributed by atoms with Crippen LogP contribution in [0.5, 0.6) is 11.5 Å². The highest BCUT2D eigenvalue weighted by atomic mass is 16.5. The van der Waals surface area contributed by atoms with Crippen LogP contribution in [-0.2, 0) is 16.1 Å². The Hall–Kier alpha value is -4.33. The molecule has 5 rings (SSSR count). The fourth-order valence-electron chi connectivity index (χ4n) is 6.27. The van der Waals surface area contributed by atoms with Gasteiger partial charge in [-0.25, -0.2) is 0 Å². The molecule has 0 unspecified atom stereocenters. The zero-order valence-corrected chi connectivity index (χ0v) is 25.4. The van der Waals surface area contributed by atoms with Crippen LogP contribution >= 0.6 is 0 Å². The fourth-order valence-corrected chi connectivity index (χ4v) is 6.27. The lowest BCUT2D eigenvalue weighted by molar-refractivity contribution is -0.145. The topological polar surface area (TPSA) is 96.5 Å². The van der Waals surface area contributed by atoms with Gasteiger partial charge in [0, 0.05) is 48.0 Å². The van der Waals surface area contributed by atoms with Gasteiger partial charge in [-0.1, -0.05) is 38.1 Å². The molecule has 0 bridgehead atoms. The Balaban J connectivity index is 1.42. The van der Waals surface area contributed by atoms with Crippen molar-refractivity contribution in [3.05, 3.63) is 83.8 Å². The van der Waals surface area contributed by atoms with Crippen LogP contribution in [0, 0.1) is 18.3 Å². The summed E-state index contributed by atoms with van der Waals surface area (Å²) < 4.78 is 10.8. The van der Waals surface area contributed by atoms with Gasteiger partial charge in [0.2, 0.25) is 11.8 Å². The van der Waals surface area contributed by atoms with E-state index >= 15 is 0 Å². The van der Waals surface area contributed by atoms with E-state index < -0.39 is 5.54 Å². The Labute approximate surface area is 247 Å². The maximum atomic E-state index is 14.2. The normalized spacial score (nSPS) is 17.5. The molecular weight excluding hydrogens is 528 g/mol. The minimum absolute atomic E-state index is 0.0613. The maximum Gasteiger partial charge on any atom is 0.249 e. The second-order valence-electron chi connectivity index (χ2n) is 12.2. The average molecular weight is 569 g/mol. The van der Waals surface area contributed by atoms with Crippen molar-refractivity contribution in [3.63, 3.8) is 0 Å². The molecule has 2 amide bonds. The van der Waals surface area contributed by atoms with E-state index in [1.165, 1.54) is 18.1 Å². The Morgan fingerprint density at radius 2 is 1.83 bits per heavy atom. The first-order chi connectivity index (χ1) is 20.0. The highest BCUT2D eigenvalue weighted by Gasteiger charge is 2.60. The number of benzene rings is 2. The number of hydrogen-bond acceptors (Lipinski definition) is 5. The molecule has 0 aliphatic heterocycles. The number of para-hydroxylation sites is 1. The van der Waals surface area contributed by atoms with Gasteiger partial charge in [-0.2, -0.15) is 0 Å². The minimum Gasteiger partial charge on any atom is -0.497 e. The predicted molar refractivity (Wildman–Crippen MR) is 165 cm³/mol. The van der Waals surface area contributed by atoms with E-state index in [9.17, 15) is 9.59 Å². The van der Waals surface area contributed by atoms with Crippen LogP contribution in [0.2, 0.25) is 0 Å². The van der Waals surface area contributed by atoms with Gasteiger partial charge >= 0.3 is 0 Å². The molecule has 2 N–H and O–H groups in total. The molecule has 1 saturated carbocycles. The number of nitrogens with one attached hydrogen (secondary N) is 2. The number of amides is 2. The summed E-state index contributed by atoms with van der Waals surface area (Å²) >= 11 is 0. The van der Waals surface area contributed by atoms with Crippen molar-refractivity contribution in [3.8, 4) is 11.5 Å². The second kappa shape index (κ2) is 11.2. The van der Waals surface area contributed by atoms with Crippen LogP contribution in [-0.4, -0.2) is 46.4 Å². The molecule has 1 aliphatic rings. The third-order valence-corrected chi connectivity index (χ3v) is 8.95. The number of pyridine rings is 1. The fraction of sp³-hybridized carbons (Fsp3) is 0.382. The van der Waals surface area contributed by atoms with Crippen molar-refractivity contribution < 1.29 is 19.1 Å². The summed E-state index contributed by atoms with van der Waals surface area (Å²) in [5.74, 6) is 1.07. The summed E-state index contributed by atoms with van der Waals surface area (Å²) in [6, 6.07) is 17.3. The average Bonchev–Trinajstić information content (AvgIpc) is 3.32. The zero-order valence-electron chi connectivity index (χ0n) is 25.4. The van der Waals surface area contributed by atoms with Crippen molar-refractivity contribution in [1.29, 1.82) is 0 Å². The van der Waals surface area contributed by atoms with Crippen molar-refractivity contribution >= 4 is 28.4 Å². The molecule has 220 valence electrons. The summed E-state index contributed by atoms with van der Waals surface area (Å²) in [7, 11) is 3.11. The number of aryl methyl sites for hydroxylation is 1. The third kappa shape index (κ3) is 5.33. The number of anilines is 1. The van der Waals surface area contributed by atoms with Crippen molar-refractivity contribution in [2.24, 2.45) is 11.3 Å². The number of fused-ring (bicyclic) bond motifs is 1. The van der Waals surface area contributed by atoms with E-state index in [1.54, 1.807) is 56.4 Å². The van der Waals surface area contributed by atoms with E-state index in [1.807, 2.05) is 18.2 Å². The minimum atomic E-state index is -1.18. The third-order valence-electron chi connectivity index (χ3n) is 8.95. The maximum absolute atomic E-state index is 14.2. The molecule has 0 spiro atoms. The summed E-state index contributed by atoms with van der Waals surface area (Å²) in [5, 5.41) is 4.20. The number of hydrogen-bond donors (Lipinski definition) is 2. The monoisotopic (exact) mass is 568 g/mol. The zero-order chi connectivity index (χ0) is 30.2. The number of aromatic nitrogens is 2. The number of ether oxygens (including phenoxy) is 2. The molecule has 4 aromatic rings. The van der Waals surface area contributed by atoms with Gasteiger partial charge in [0.05, 0.1) is 19.9 Å². The Morgan fingerprint density at radius 1 is 1.07 bits per heavy atom. The highest BCUT2D eigenvalue weighted by Crippen LogP contribution is 2.67. The molecular formula is C34H40N4O4. The van der Waals surface area contributed by atoms with Gasteiger partial charge in [-0.05, 0) is 73.4 Å². The van der Waals surface area contributed by atoms with Gasteiger partial charge in [0.25, 0.3) is 0 Å². The summed E-state index contributed by atoms with van der Waals surface area (Å²) in [5.41, 5.74) is 3.66. The molecule has 2 heterocycles. The number of carbonyl (C=O) groups is 2. The SMILES string of the molecule is COc1ccc(NC(=O)C(C)(C)N(Cc2cccnc2)C(=O)C[C@H]2[C@@H](c3c(C)[nH]c4ccccc34)C2(C)C)c(OC)c1. The van der Waals surface area contributed by atoms with E-state index in [4.69, 9.17) is 9.47 Å². The molecule has 0 radical (unpaired) electrons. The lowest BCUT2D eigenvalue weighted by atomic mass is 9.98. The molecule has 8 heteroatoms. The number of carbonyl (C=O) groups excluding carboxylic acids is 2. The van der Waals surface area contributed by atoms with Gasteiger partial charge < -0.3 is 24.7 Å². The first-order valence-electron chi connectivity index (χ1n) is 14.3. The number of nitrogens with zero attached hydrogens (tertiary/aromatic N) is 2. The predicted octanol–water partition coefficient (Wildman–Crippen LogP) is 6.46. The van der Waals surface area contributed by atoms with Gasteiger partial charge in [-0.3, -0.25) is 14.6 Å². The summed E-state index contributed by atoms with van der Waals surface area (Å²) in [6.45, 7) is 10.4. The number of H-pyrrole nitrogens is 1. The van der Waals surface area contributed by atoms with Crippen molar-refractivity contribution in [2.75, 3.05) is 19.5 Å². The first-order valence-corrected chi connectivity index (χ1v) is 14.3. The van der Waals surface area contributed by atoms with Crippen molar-refractivity contribution in [2.45, 2.75) is 59.0 Å². The first kappa shape index (κ1) is 29.2. The van der Waals surface area contributed by atoms with Crippen LogP contribution < -0.4 is 14.8 Å². The quantitative estimate of drug-likeness (QED) is 0.229. The Kier molecular flexibility index (Phi) is 7.75. The number of rotatable bonds is 10. The van der Waals surface area contributed by atoms with Crippen molar-refractivity contribution in [1.82, 2.24) is 14.9 Å². The van der Waals surface area contributed by atoms with E-state index in [0.29, 0.717) is 23.6 Å².